The molecule has 1 aromatic rings. The van der Waals surface area contributed by atoms with Gasteiger partial charge in [0.2, 0.25) is 0 Å². The maximum absolute atomic E-state index is 11.8. The molecule has 1 aliphatic heterocycles. The minimum atomic E-state index is -0.646. The highest BCUT2D eigenvalue weighted by Gasteiger charge is 2.29. The minimum absolute atomic E-state index is 0.00639. The molecule has 1 aromatic carbocycles. The van der Waals surface area contributed by atoms with Gasteiger partial charge in [-0.05, 0) is 11.5 Å². The third-order valence-electron chi connectivity index (χ3n) is 2.13. The molecule has 1 N–H and O–H groups in total. The molecule has 1 aliphatic rings. The van der Waals surface area contributed by atoms with Gasteiger partial charge < -0.3 is 5.11 Å². The van der Waals surface area contributed by atoms with Crippen LogP contribution in [0.1, 0.15) is 10.4 Å². The molecule has 0 amide bonds. The predicted octanol–water partition coefficient (Wildman–Crippen LogP) is 1.86. The molecule has 14 heavy (non-hydrogen) atoms. The Labute approximate surface area is 86.6 Å². The van der Waals surface area contributed by atoms with Crippen molar-refractivity contribution in [3.63, 3.8) is 0 Å². The lowest BCUT2D eigenvalue weighted by Gasteiger charge is -2.11. The molecule has 0 saturated heterocycles. The number of Topliss-reactive ketones (excluding diaryl/α,β-unsaturated/α-hetero) is 1. The summed E-state index contributed by atoms with van der Waals surface area (Å²) < 4.78 is 0. The van der Waals surface area contributed by atoms with Crippen LogP contribution in [0.5, 0.6) is 0 Å². The van der Waals surface area contributed by atoms with Crippen molar-refractivity contribution in [3.8, 4) is 0 Å². The average Bonchev–Trinajstić information content (AvgIpc) is 2.65. The number of carbonyl (C=O) groups is 1. The van der Waals surface area contributed by atoms with E-state index < -0.39 is 6.10 Å². The zero-order valence-corrected chi connectivity index (χ0v) is 8.28. The number of hydrogen-bond donors (Lipinski definition) is 1. The van der Waals surface area contributed by atoms with Gasteiger partial charge in [0.25, 0.3) is 0 Å². The second-order valence-electron chi connectivity index (χ2n) is 3.11. The number of thioether (sulfide) groups is 1. The molecule has 72 valence electrons. The standard InChI is InChI=1S/C11H10O2S/c12-9-6-7-14-11(9)10(13)8-4-2-1-3-5-8/h1-7,9,11-12H. The molecule has 0 bridgehead atoms. The third-order valence-corrected chi connectivity index (χ3v) is 3.23. The van der Waals surface area contributed by atoms with Crippen LogP contribution in [0.15, 0.2) is 41.8 Å². The van der Waals surface area contributed by atoms with Gasteiger partial charge in [-0.1, -0.05) is 30.3 Å². The maximum atomic E-state index is 11.8. The van der Waals surface area contributed by atoms with Crippen molar-refractivity contribution in [3.05, 3.63) is 47.4 Å². The van der Waals surface area contributed by atoms with Gasteiger partial charge in [-0.3, -0.25) is 4.79 Å². The Morgan fingerprint density at radius 1 is 1.29 bits per heavy atom. The number of hydrogen-bond acceptors (Lipinski definition) is 3. The SMILES string of the molecule is O=C(c1ccccc1)C1SC=CC1O. The monoisotopic (exact) mass is 206 g/mol. The van der Waals surface area contributed by atoms with E-state index in [0.717, 1.165) is 0 Å². The highest BCUT2D eigenvalue weighted by atomic mass is 32.2. The fourth-order valence-electron chi connectivity index (χ4n) is 1.38. The van der Waals surface area contributed by atoms with Gasteiger partial charge in [-0.25, -0.2) is 0 Å². The van der Waals surface area contributed by atoms with Gasteiger partial charge in [0.15, 0.2) is 5.78 Å². The smallest absolute Gasteiger partial charge is 0.179 e. The van der Waals surface area contributed by atoms with Crippen molar-refractivity contribution in [1.82, 2.24) is 0 Å². The van der Waals surface area contributed by atoms with E-state index in [9.17, 15) is 9.90 Å². The number of carbonyl (C=O) groups excluding carboxylic acids is 1. The summed E-state index contributed by atoms with van der Waals surface area (Å²) in [4.78, 5) is 11.8. The summed E-state index contributed by atoms with van der Waals surface area (Å²) in [6.45, 7) is 0. The van der Waals surface area contributed by atoms with Crippen LogP contribution >= 0.6 is 11.8 Å². The first-order chi connectivity index (χ1) is 6.79. The lowest BCUT2D eigenvalue weighted by molar-refractivity contribution is 0.0938. The predicted molar refractivity (Wildman–Crippen MR) is 57.3 cm³/mol. The molecule has 0 fully saturated rings. The summed E-state index contributed by atoms with van der Waals surface area (Å²) in [6, 6.07) is 9.06. The Hall–Kier alpha value is -1.06. The van der Waals surface area contributed by atoms with E-state index in [2.05, 4.69) is 0 Å². The number of aliphatic hydroxyl groups is 1. The summed E-state index contributed by atoms with van der Waals surface area (Å²) in [5.74, 6) is -0.00639. The minimum Gasteiger partial charge on any atom is -0.387 e. The van der Waals surface area contributed by atoms with Crippen LogP contribution in [0.3, 0.4) is 0 Å². The van der Waals surface area contributed by atoms with Gasteiger partial charge in [0.05, 0.1) is 6.10 Å². The molecule has 2 unspecified atom stereocenters. The van der Waals surface area contributed by atoms with E-state index in [-0.39, 0.29) is 11.0 Å². The van der Waals surface area contributed by atoms with Crippen molar-refractivity contribution >= 4 is 17.5 Å². The molecule has 3 heteroatoms. The van der Waals surface area contributed by atoms with Gasteiger partial charge in [-0.2, -0.15) is 0 Å². The van der Waals surface area contributed by atoms with Crippen LogP contribution in [0, 0.1) is 0 Å². The van der Waals surface area contributed by atoms with Crippen LogP contribution in [0.4, 0.5) is 0 Å². The molecule has 0 saturated carbocycles. The second kappa shape index (κ2) is 3.98. The number of rotatable bonds is 2. The molecule has 1 heterocycles. The largest absolute Gasteiger partial charge is 0.387 e. The van der Waals surface area contributed by atoms with Crippen molar-refractivity contribution in [2.45, 2.75) is 11.4 Å². The zero-order valence-electron chi connectivity index (χ0n) is 7.46. The quantitative estimate of drug-likeness (QED) is 0.750. The van der Waals surface area contributed by atoms with Gasteiger partial charge in [0, 0.05) is 5.56 Å². The summed E-state index contributed by atoms with van der Waals surface area (Å²) >= 11 is 1.37. The van der Waals surface area contributed by atoms with E-state index in [0.29, 0.717) is 5.56 Å². The summed E-state index contributed by atoms with van der Waals surface area (Å²) in [5, 5.41) is 10.9. The second-order valence-corrected chi connectivity index (χ2v) is 4.16. The van der Waals surface area contributed by atoms with Crippen LogP contribution < -0.4 is 0 Å². The molecule has 2 rings (SSSR count). The normalized spacial score (nSPS) is 25.2. The Morgan fingerprint density at radius 2 is 2.00 bits per heavy atom. The average molecular weight is 206 g/mol. The van der Waals surface area contributed by atoms with Crippen molar-refractivity contribution in [2.75, 3.05) is 0 Å². The van der Waals surface area contributed by atoms with Gasteiger partial charge in [-0.15, -0.1) is 11.8 Å². The Balaban J connectivity index is 2.17. The van der Waals surface area contributed by atoms with E-state index >= 15 is 0 Å². The summed E-state index contributed by atoms with van der Waals surface area (Å²) in [6.07, 6.45) is 1.00. The Bertz CT molecular complexity index is 359. The lowest BCUT2D eigenvalue weighted by atomic mass is 10.1. The molecule has 0 aromatic heterocycles. The van der Waals surface area contributed by atoms with E-state index in [1.807, 2.05) is 18.2 Å². The molecule has 0 spiro atoms. The Morgan fingerprint density at radius 3 is 2.57 bits per heavy atom. The summed E-state index contributed by atoms with van der Waals surface area (Å²) in [5.41, 5.74) is 0.660. The van der Waals surface area contributed by atoms with E-state index in [4.69, 9.17) is 0 Å². The van der Waals surface area contributed by atoms with Crippen LogP contribution in [0.2, 0.25) is 0 Å². The molecule has 0 radical (unpaired) electrons. The summed E-state index contributed by atoms with van der Waals surface area (Å²) in [7, 11) is 0. The lowest BCUT2D eigenvalue weighted by Crippen LogP contribution is -2.26. The number of ketones is 1. The highest BCUT2D eigenvalue weighted by Crippen LogP contribution is 2.27. The highest BCUT2D eigenvalue weighted by molar-refractivity contribution is 8.03. The number of benzene rings is 1. The van der Waals surface area contributed by atoms with Gasteiger partial charge in [0.1, 0.15) is 5.25 Å². The number of aliphatic hydroxyl groups excluding tert-OH is 1. The van der Waals surface area contributed by atoms with Crippen LogP contribution in [0.25, 0.3) is 0 Å². The van der Waals surface area contributed by atoms with Crippen LogP contribution in [-0.2, 0) is 0 Å². The fraction of sp³-hybridized carbons (Fsp3) is 0.182. The van der Waals surface area contributed by atoms with E-state index in [1.165, 1.54) is 11.8 Å². The first-order valence-corrected chi connectivity index (χ1v) is 5.33. The zero-order chi connectivity index (χ0) is 9.97. The van der Waals surface area contributed by atoms with E-state index in [1.54, 1.807) is 23.6 Å². The molecule has 0 aliphatic carbocycles. The molecular formula is C11H10O2S. The first-order valence-electron chi connectivity index (χ1n) is 4.38. The first kappa shape index (κ1) is 9.49. The third kappa shape index (κ3) is 1.74. The van der Waals surface area contributed by atoms with Crippen molar-refractivity contribution in [1.29, 1.82) is 0 Å². The van der Waals surface area contributed by atoms with Crippen molar-refractivity contribution < 1.29 is 9.90 Å². The topological polar surface area (TPSA) is 37.3 Å². The molecule has 2 atom stereocenters. The van der Waals surface area contributed by atoms with Gasteiger partial charge >= 0.3 is 0 Å². The Kier molecular flexibility index (Phi) is 2.70. The fourth-order valence-corrected chi connectivity index (χ4v) is 2.31. The molecule has 2 nitrogen and oxygen atoms in total. The van der Waals surface area contributed by atoms with Crippen LogP contribution in [-0.4, -0.2) is 22.2 Å². The molecular weight excluding hydrogens is 196 g/mol. The maximum Gasteiger partial charge on any atom is 0.179 e. The van der Waals surface area contributed by atoms with Crippen molar-refractivity contribution in [2.24, 2.45) is 0 Å².